The van der Waals surface area contributed by atoms with Crippen molar-refractivity contribution in [2.45, 2.75) is 37.0 Å². The van der Waals surface area contributed by atoms with Crippen LogP contribution in [0.2, 0.25) is 5.15 Å². The first-order valence-corrected chi connectivity index (χ1v) is 9.91. The number of thiazole rings is 1. The predicted molar refractivity (Wildman–Crippen MR) is 99.7 cm³/mol. The van der Waals surface area contributed by atoms with Crippen LogP contribution < -0.4 is 0 Å². The van der Waals surface area contributed by atoms with E-state index in [1.165, 1.54) is 34.4 Å². The van der Waals surface area contributed by atoms with Gasteiger partial charge in [0.25, 0.3) is 0 Å². The third kappa shape index (κ3) is 2.29. The molecule has 25 heavy (non-hydrogen) atoms. The Labute approximate surface area is 153 Å². The molecule has 0 amide bonds. The summed E-state index contributed by atoms with van der Waals surface area (Å²) >= 11 is 7.99. The minimum absolute atomic E-state index is 0.475. The highest BCUT2D eigenvalue weighted by atomic mass is 35.5. The highest BCUT2D eigenvalue weighted by Crippen LogP contribution is 2.56. The van der Waals surface area contributed by atoms with Gasteiger partial charge in [0.2, 0.25) is 0 Å². The Bertz CT molecular complexity index is 1130. The molecule has 1 aromatic carbocycles. The molecule has 3 aromatic heterocycles. The molecule has 0 spiro atoms. The lowest BCUT2D eigenvalue weighted by atomic mass is 10.1. The van der Waals surface area contributed by atoms with Crippen LogP contribution >= 0.6 is 22.9 Å². The number of halogens is 1. The summed E-state index contributed by atoms with van der Waals surface area (Å²) in [6, 6.07) is 8.65. The second kappa shape index (κ2) is 5.02. The zero-order valence-corrected chi connectivity index (χ0v) is 15.0. The van der Waals surface area contributed by atoms with Gasteiger partial charge >= 0.3 is 0 Å². The molecule has 0 N–H and O–H groups in total. The van der Waals surface area contributed by atoms with E-state index in [-0.39, 0.29) is 0 Å². The summed E-state index contributed by atoms with van der Waals surface area (Å²) in [5, 5.41) is 4.97. The lowest BCUT2D eigenvalue weighted by molar-refractivity contribution is 0.904. The molecule has 2 aliphatic rings. The van der Waals surface area contributed by atoms with Crippen molar-refractivity contribution in [3.05, 3.63) is 57.9 Å². The molecule has 2 saturated carbocycles. The number of aromatic nitrogens is 4. The van der Waals surface area contributed by atoms with Crippen molar-refractivity contribution >= 4 is 38.8 Å². The van der Waals surface area contributed by atoms with Gasteiger partial charge in [-0.3, -0.25) is 0 Å². The van der Waals surface area contributed by atoms with Crippen LogP contribution in [0.25, 0.3) is 15.9 Å². The lowest BCUT2D eigenvalue weighted by Gasteiger charge is -2.04. The minimum Gasteiger partial charge on any atom is -0.245 e. The zero-order chi connectivity index (χ0) is 16.5. The average molecular weight is 367 g/mol. The Morgan fingerprint density at radius 3 is 2.96 bits per heavy atom. The van der Waals surface area contributed by atoms with E-state index in [2.05, 4.69) is 34.5 Å². The van der Waals surface area contributed by atoms with Crippen LogP contribution in [0.15, 0.2) is 36.0 Å². The van der Waals surface area contributed by atoms with E-state index < -0.39 is 0 Å². The maximum atomic E-state index is 6.29. The first-order valence-electron chi connectivity index (χ1n) is 8.65. The van der Waals surface area contributed by atoms with Gasteiger partial charge in [0.15, 0.2) is 5.65 Å². The van der Waals surface area contributed by atoms with Crippen molar-refractivity contribution in [1.29, 1.82) is 0 Å². The van der Waals surface area contributed by atoms with Crippen LogP contribution in [0.3, 0.4) is 0 Å². The van der Waals surface area contributed by atoms with Crippen LogP contribution in [0.4, 0.5) is 0 Å². The Morgan fingerprint density at radius 2 is 2.08 bits per heavy atom. The molecule has 2 aliphatic carbocycles. The fraction of sp³-hybridized carbons (Fsp3) is 0.316. The maximum absolute atomic E-state index is 6.29. The smallest absolute Gasteiger partial charge is 0.157 e. The van der Waals surface area contributed by atoms with Gasteiger partial charge in [0, 0.05) is 11.5 Å². The van der Waals surface area contributed by atoms with E-state index in [0.29, 0.717) is 22.9 Å². The van der Waals surface area contributed by atoms with E-state index in [1.807, 2.05) is 16.1 Å². The molecule has 0 aliphatic heterocycles. The summed E-state index contributed by atoms with van der Waals surface area (Å²) < 4.78 is 3.14. The minimum atomic E-state index is 0.475. The van der Waals surface area contributed by atoms with Gasteiger partial charge in [-0.05, 0) is 54.9 Å². The van der Waals surface area contributed by atoms with Crippen molar-refractivity contribution in [3.8, 4) is 0 Å². The third-order valence-electron chi connectivity index (χ3n) is 5.41. The molecule has 2 atom stereocenters. The number of nitrogens with zero attached hydrogens (tertiary/aromatic N) is 4. The Hall–Kier alpha value is -1.98. The molecule has 6 heteroatoms. The van der Waals surface area contributed by atoms with Crippen LogP contribution in [-0.4, -0.2) is 19.6 Å². The van der Waals surface area contributed by atoms with Crippen LogP contribution in [0.1, 0.15) is 53.8 Å². The van der Waals surface area contributed by atoms with Crippen molar-refractivity contribution in [2.24, 2.45) is 0 Å². The SMILES string of the molecule is Clc1cc([C@H]2C[C@@H]2c2ccc3ncsc3c2)c2nc(C3CC3)cn2n1. The fourth-order valence-corrected chi connectivity index (χ4v) is 4.77. The van der Waals surface area contributed by atoms with Crippen molar-refractivity contribution in [3.63, 3.8) is 0 Å². The number of hydrogen-bond donors (Lipinski definition) is 0. The molecule has 4 nitrogen and oxygen atoms in total. The molecular weight excluding hydrogens is 352 g/mol. The quantitative estimate of drug-likeness (QED) is 0.504. The predicted octanol–water partition coefficient (Wildman–Crippen LogP) is 5.14. The van der Waals surface area contributed by atoms with Crippen LogP contribution in [0.5, 0.6) is 0 Å². The molecule has 0 saturated heterocycles. The highest BCUT2D eigenvalue weighted by Gasteiger charge is 2.41. The first-order chi connectivity index (χ1) is 12.3. The van der Waals surface area contributed by atoms with Crippen LogP contribution in [0, 0.1) is 0 Å². The van der Waals surface area contributed by atoms with E-state index in [4.69, 9.17) is 16.6 Å². The number of hydrogen-bond acceptors (Lipinski definition) is 4. The van der Waals surface area contributed by atoms with E-state index >= 15 is 0 Å². The average Bonchev–Trinajstić information content (AvgIpc) is 3.52. The van der Waals surface area contributed by atoms with Crippen molar-refractivity contribution in [1.82, 2.24) is 19.6 Å². The molecule has 0 bridgehead atoms. The summed E-state index contributed by atoms with van der Waals surface area (Å²) in [6.07, 6.45) is 5.69. The monoisotopic (exact) mass is 366 g/mol. The molecular formula is C19H15ClN4S. The summed E-state index contributed by atoms with van der Waals surface area (Å²) in [6.45, 7) is 0. The molecule has 3 heterocycles. The molecule has 4 aromatic rings. The van der Waals surface area contributed by atoms with Gasteiger partial charge in [-0.15, -0.1) is 11.3 Å². The highest BCUT2D eigenvalue weighted by molar-refractivity contribution is 7.16. The zero-order valence-electron chi connectivity index (χ0n) is 13.4. The van der Waals surface area contributed by atoms with Crippen molar-refractivity contribution < 1.29 is 0 Å². The molecule has 0 radical (unpaired) electrons. The number of benzene rings is 1. The standard InChI is InChI=1S/C19H15ClN4S/c20-18-7-14(19-22-16(10-1-2-10)8-24(19)23-18)13-6-12(13)11-3-4-15-17(5-11)25-9-21-15/h3-5,7-10,12-13H,1-2,6H2/t12-,13+/m1/s1. The van der Waals surface area contributed by atoms with Gasteiger partial charge in [-0.2, -0.15) is 5.10 Å². The second-order valence-corrected chi connectivity index (χ2v) is 8.43. The summed E-state index contributed by atoms with van der Waals surface area (Å²) in [5.74, 6) is 1.63. The second-order valence-electron chi connectivity index (χ2n) is 7.16. The van der Waals surface area contributed by atoms with Gasteiger partial charge in [-0.1, -0.05) is 17.7 Å². The molecule has 0 unspecified atom stereocenters. The van der Waals surface area contributed by atoms with Gasteiger partial charge in [-0.25, -0.2) is 14.5 Å². The topological polar surface area (TPSA) is 43.1 Å². The number of imidazole rings is 1. The maximum Gasteiger partial charge on any atom is 0.157 e. The van der Waals surface area contributed by atoms with E-state index in [0.717, 1.165) is 17.6 Å². The summed E-state index contributed by atoms with van der Waals surface area (Å²) in [5.41, 5.74) is 7.78. The number of fused-ring (bicyclic) bond motifs is 2. The Kier molecular flexibility index (Phi) is 2.86. The van der Waals surface area contributed by atoms with E-state index in [1.54, 1.807) is 11.3 Å². The largest absolute Gasteiger partial charge is 0.245 e. The van der Waals surface area contributed by atoms with E-state index in [9.17, 15) is 0 Å². The van der Waals surface area contributed by atoms with Crippen LogP contribution in [-0.2, 0) is 0 Å². The summed E-state index contributed by atoms with van der Waals surface area (Å²) in [7, 11) is 0. The van der Waals surface area contributed by atoms with Gasteiger partial charge in [0.1, 0.15) is 5.15 Å². The molecule has 2 fully saturated rings. The Balaban J connectivity index is 1.41. The normalized spacial score (nSPS) is 22.8. The number of rotatable bonds is 3. The molecule has 6 rings (SSSR count). The lowest BCUT2D eigenvalue weighted by Crippen LogP contribution is -1.96. The fourth-order valence-electron chi connectivity index (χ4n) is 3.84. The van der Waals surface area contributed by atoms with Gasteiger partial charge in [0.05, 0.1) is 27.6 Å². The first kappa shape index (κ1) is 14.2. The third-order valence-corrected chi connectivity index (χ3v) is 6.39. The Morgan fingerprint density at radius 1 is 1.16 bits per heavy atom. The van der Waals surface area contributed by atoms with Crippen molar-refractivity contribution in [2.75, 3.05) is 0 Å². The molecule has 124 valence electrons. The van der Waals surface area contributed by atoms with Gasteiger partial charge < -0.3 is 0 Å². The summed E-state index contributed by atoms with van der Waals surface area (Å²) in [4.78, 5) is 9.25.